The van der Waals surface area contributed by atoms with Crippen molar-refractivity contribution in [2.75, 3.05) is 31.1 Å². The standard InChI is InChI=1S/C24H29N3O5S/c1-16-20-10-9-19(31-24(29)27-11-4-5-12-27)15-22(20)32-23(28)21(16)14-17-7-6-8-18(13-17)26-33(3,30)25-2/h6-10,13,15,33H,4-5,11-12,14H2,1-3H3,(H2,25,26,30). The molecule has 33 heavy (non-hydrogen) atoms. The number of anilines is 1. The second kappa shape index (κ2) is 9.36. The highest BCUT2D eigenvalue weighted by molar-refractivity contribution is 8.01. The minimum Gasteiger partial charge on any atom is -0.422 e. The Hall–Kier alpha value is -3.17. The number of nitrogens with zero attached hydrogens (tertiary/aromatic N) is 1. The molecule has 1 fully saturated rings. The van der Waals surface area contributed by atoms with Gasteiger partial charge in [0.15, 0.2) is 0 Å². The van der Waals surface area contributed by atoms with E-state index >= 15 is 0 Å². The maximum Gasteiger partial charge on any atom is 0.415 e. The molecule has 2 aromatic carbocycles. The summed E-state index contributed by atoms with van der Waals surface area (Å²) in [5, 5.41) is 0.785. The van der Waals surface area contributed by atoms with Gasteiger partial charge in [-0.2, -0.15) is 0 Å². The van der Waals surface area contributed by atoms with Gasteiger partial charge < -0.3 is 18.8 Å². The Morgan fingerprint density at radius 1 is 1.18 bits per heavy atom. The van der Waals surface area contributed by atoms with E-state index in [9.17, 15) is 13.8 Å². The summed E-state index contributed by atoms with van der Waals surface area (Å²) in [4.78, 5) is 26.7. The lowest BCUT2D eigenvalue weighted by Gasteiger charge is -2.21. The Kier molecular flexibility index (Phi) is 6.53. The number of hydrogen-bond acceptors (Lipinski definition) is 5. The zero-order valence-electron chi connectivity index (χ0n) is 19.0. The van der Waals surface area contributed by atoms with E-state index in [0.29, 0.717) is 42.1 Å². The van der Waals surface area contributed by atoms with E-state index in [1.807, 2.05) is 37.3 Å². The number of ether oxygens (including phenoxy) is 1. The Balaban J connectivity index is 1.58. The highest BCUT2D eigenvalue weighted by Gasteiger charge is 2.20. The number of aryl methyl sites for hydroxylation is 1. The largest absolute Gasteiger partial charge is 0.422 e. The van der Waals surface area contributed by atoms with E-state index in [0.717, 1.165) is 29.4 Å². The first kappa shape index (κ1) is 23.0. The lowest BCUT2D eigenvalue weighted by Crippen LogP contribution is -2.33. The number of benzene rings is 2. The third kappa shape index (κ3) is 5.26. The van der Waals surface area contributed by atoms with Gasteiger partial charge in [-0.3, -0.25) is 4.21 Å². The highest BCUT2D eigenvalue weighted by atomic mass is 32.3. The van der Waals surface area contributed by atoms with Crippen LogP contribution in [0.25, 0.3) is 11.0 Å². The van der Waals surface area contributed by atoms with Gasteiger partial charge in [0, 0.05) is 58.8 Å². The van der Waals surface area contributed by atoms with Gasteiger partial charge in [0.05, 0.1) is 0 Å². The zero-order chi connectivity index (χ0) is 23.6. The van der Waals surface area contributed by atoms with Crippen LogP contribution in [0.3, 0.4) is 0 Å². The average Bonchev–Trinajstić information content (AvgIpc) is 3.32. The van der Waals surface area contributed by atoms with E-state index < -0.39 is 15.9 Å². The summed E-state index contributed by atoms with van der Waals surface area (Å²) in [5.41, 5.74) is 2.91. The summed E-state index contributed by atoms with van der Waals surface area (Å²) >= 11 is 0. The van der Waals surface area contributed by atoms with Gasteiger partial charge in [0.1, 0.15) is 11.3 Å². The van der Waals surface area contributed by atoms with E-state index in [1.165, 1.54) is 0 Å². The number of rotatable bonds is 6. The van der Waals surface area contributed by atoms with Gasteiger partial charge in [0.25, 0.3) is 0 Å². The molecule has 1 aromatic heterocycles. The molecule has 1 amide bonds. The Morgan fingerprint density at radius 2 is 1.94 bits per heavy atom. The van der Waals surface area contributed by atoms with Crippen LogP contribution in [-0.4, -0.2) is 41.6 Å². The van der Waals surface area contributed by atoms with Gasteiger partial charge in [-0.25, -0.2) is 14.3 Å². The van der Waals surface area contributed by atoms with Gasteiger partial charge >= 0.3 is 11.7 Å². The topological polar surface area (TPSA) is 101 Å². The summed E-state index contributed by atoms with van der Waals surface area (Å²) in [6.45, 7) is 3.28. The molecule has 0 spiro atoms. The minimum atomic E-state index is -2.69. The van der Waals surface area contributed by atoms with Gasteiger partial charge in [-0.05, 0) is 62.2 Å². The fourth-order valence-corrected chi connectivity index (χ4v) is 4.71. The van der Waals surface area contributed by atoms with Crippen molar-refractivity contribution in [3.63, 3.8) is 0 Å². The maximum absolute atomic E-state index is 12.8. The quantitative estimate of drug-likeness (QED) is 0.378. The van der Waals surface area contributed by atoms with Crippen molar-refractivity contribution in [1.82, 2.24) is 9.62 Å². The monoisotopic (exact) mass is 471 g/mol. The number of amides is 1. The van der Waals surface area contributed by atoms with Crippen molar-refractivity contribution >= 4 is 33.1 Å². The van der Waals surface area contributed by atoms with E-state index in [-0.39, 0.29) is 6.09 Å². The van der Waals surface area contributed by atoms with E-state index in [4.69, 9.17) is 9.15 Å². The zero-order valence-corrected chi connectivity index (χ0v) is 19.9. The number of carbonyl (C=O) groups excluding carboxylic acids is 1. The predicted octanol–water partition coefficient (Wildman–Crippen LogP) is 3.39. The lowest BCUT2D eigenvalue weighted by molar-refractivity contribution is 0.163. The average molecular weight is 472 g/mol. The van der Waals surface area contributed by atoms with Crippen LogP contribution in [0.2, 0.25) is 0 Å². The fraction of sp³-hybridized carbons (Fsp3) is 0.333. The molecule has 0 unspecified atom stereocenters. The Bertz CT molecular complexity index is 1300. The number of nitrogens with one attached hydrogen (secondary N) is 2. The molecule has 176 valence electrons. The molecule has 8 nitrogen and oxygen atoms in total. The third-order valence-corrected chi connectivity index (χ3v) is 7.44. The van der Waals surface area contributed by atoms with Crippen LogP contribution in [0.5, 0.6) is 5.75 Å². The third-order valence-electron chi connectivity index (χ3n) is 5.91. The SMILES string of the molecule is CN[SH](C)(=O)Nc1cccc(Cc2c(C)c3ccc(OC(=O)N4CCCC4)cc3oc2=O)c1. The molecule has 1 aliphatic heterocycles. The van der Waals surface area contributed by atoms with Crippen LogP contribution in [0.4, 0.5) is 10.5 Å². The molecule has 0 saturated carbocycles. The van der Waals surface area contributed by atoms with Gasteiger partial charge in [-0.1, -0.05) is 12.1 Å². The van der Waals surface area contributed by atoms with Crippen molar-refractivity contribution in [2.24, 2.45) is 0 Å². The first-order chi connectivity index (χ1) is 15.8. The predicted molar refractivity (Wildman–Crippen MR) is 131 cm³/mol. The summed E-state index contributed by atoms with van der Waals surface area (Å²) in [5.74, 6) is 0.349. The normalized spacial score (nSPS) is 14.5. The molecule has 3 aromatic rings. The molecule has 1 saturated heterocycles. The molecule has 9 heteroatoms. The van der Waals surface area contributed by atoms with Crippen LogP contribution in [-0.2, 0) is 16.7 Å². The first-order valence-corrected chi connectivity index (χ1v) is 13.1. The number of carbonyl (C=O) groups is 1. The molecule has 2 N–H and O–H groups in total. The summed E-state index contributed by atoms with van der Waals surface area (Å²) in [7, 11) is -1.05. The van der Waals surface area contributed by atoms with E-state index in [1.54, 1.807) is 30.3 Å². The Morgan fingerprint density at radius 3 is 2.67 bits per heavy atom. The number of fused-ring (bicyclic) bond motifs is 1. The van der Waals surface area contributed by atoms with Crippen LogP contribution in [0.15, 0.2) is 51.7 Å². The van der Waals surface area contributed by atoms with Gasteiger partial charge in [0.2, 0.25) is 0 Å². The highest BCUT2D eigenvalue weighted by Crippen LogP contribution is 2.26. The van der Waals surface area contributed by atoms with Crippen molar-refractivity contribution in [2.45, 2.75) is 26.2 Å². The van der Waals surface area contributed by atoms with Crippen molar-refractivity contribution in [3.05, 3.63) is 69.6 Å². The number of hydrogen-bond donors (Lipinski definition) is 3. The molecule has 4 rings (SSSR count). The molecular weight excluding hydrogens is 442 g/mol. The van der Waals surface area contributed by atoms with Crippen LogP contribution in [0, 0.1) is 6.92 Å². The molecule has 0 bridgehead atoms. The number of thiol groups is 1. The minimum absolute atomic E-state index is 0.349. The molecule has 0 atom stereocenters. The van der Waals surface area contributed by atoms with Crippen LogP contribution >= 0.6 is 0 Å². The molecular formula is C24H29N3O5S. The lowest BCUT2D eigenvalue weighted by atomic mass is 9.99. The fourth-order valence-electron chi connectivity index (χ4n) is 3.96. The second-order valence-electron chi connectivity index (χ2n) is 8.35. The summed E-state index contributed by atoms with van der Waals surface area (Å²) in [6, 6.07) is 12.6. The summed E-state index contributed by atoms with van der Waals surface area (Å²) in [6.07, 6.45) is 3.56. The van der Waals surface area contributed by atoms with Crippen molar-refractivity contribution < 1.29 is 18.2 Å². The molecule has 0 radical (unpaired) electrons. The van der Waals surface area contributed by atoms with Crippen LogP contribution in [0.1, 0.15) is 29.5 Å². The van der Waals surface area contributed by atoms with Gasteiger partial charge in [-0.15, -0.1) is 0 Å². The number of likely N-dealkylation sites (tertiary alicyclic amines) is 1. The van der Waals surface area contributed by atoms with E-state index in [2.05, 4.69) is 9.44 Å². The molecule has 2 heterocycles. The van der Waals surface area contributed by atoms with Crippen LogP contribution < -0.4 is 19.8 Å². The first-order valence-electron chi connectivity index (χ1n) is 10.9. The van der Waals surface area contributed by atoms with Crippen molar-refractivity contribution in [1.29, 1.82) is 0 Å². The molecule has 0 aliphatic carbocycles. The summed E-state index contributed by atoms with van der Waals surface area (Å²) < 4.78 is 29.1. The van der Waals surface area contributed by atoms with Crippen molar-refractivity contribution in [3.8, 4) is 5.75 Å². The maximum atomic E-state index is 12.8. The molecule has 1 aliphatic rings. The Labute approximate surface area is 193 Å². The smallest absolute Gasteiger partial charge is 0.415 e. The second-order valence-corrected chi connectivity index (χ2v) is 10.9.